The number of ether oxygens (including phenoxy) is 2. The molecule has 3 aromatic heterocycles. The molecule has 0 saturated heterocycles. The summed E-state index contributed by atoms with van der Waals surface area (Å²) in [7, 11) is 0. The molecule has 8 rings (SSSR count). The number of aromatic nitrogens is 3. The van der Waals surface area contributed by atoms with E-state index in [0.29, 0.717) is 0 Å². The van der Waals surface area contributed by atoms with E-state index >= 15 is 0 Å². The van der Waals surface area contributed by atoms with Gasteiger partial charge in [0, 0.05) is 51.3 Å². The van der Waals surface area contributed by atoms with E-state index in [0.717, 1.165) is 67.4 Å². The summed E-state index contributed by atoms with van der Waals surface area (Å²) in [6.07, 6.45) is 3.63. The van der Waals surface area contributed by atoms with E-state index in [4.69, 9.17) is 14.5 Å². The van der Waals surface area contributed by atoms with Crippen LogP contribution in [-0.4, -0.2) is 14.5 Å². The summed E-state index contributed by atoms with van der Waals surface area (Å²) < 4.78 is 15.1. The van der Waals surface area contributed by atoms with Crippen molar-refractivity contribution in [2.75, 3.05) is 0 Å². The number of benzene rings is 4. The molecule has 0 N–H and O–H groups in total. The van der Waals surface area contributed by atoms with Gasteiger partial charge in [-0.1, -0.05) is 56.3 Å². The summed E-state index contributed by atoms with van der Waals surface area (Å²) in [5.41, 5.74) is 6.11. The number of nitrogens with zero attached hydrogens (tertiary/aromatic N) is 3. The number of para-hydroxylation sites is 1. The Hall–Kier alpha value is -5.42. The number of hydrogen-bond acceptors (Lipinski definition) is 4. The van der Waals surface area contributed by atoms with Gasteiger partial charge in [0.25, 0.3) is 0 Å². The van der Waals surface area contributed by atoms with Crippen molar-refractivity contribution in [3.8, 4) is 40.1 Å². The van der Waals surface area contributed by atoms with Crippen LogP contribution in [0, 0.1) is 0 Å². The molecule has 4 aromatic carbocycles. The molecule has 0 spiro atoms. The summed E-state index contributed by atoms with van der Waals surface area (Å²) in [6.45, 7) is 4.52. The van der Waals surface area contributed by atoms with Gasteiger partial charge in [0.05, 0.1) is 16.7 Å². The Balaban J connectivity index is 1.30. The molecule has 0 unspecified atom stereocenters. The maximum atomic E-state index is 6.48. The second kappa shape index (κ2) is 9.32. The topological polar surface area (TPSA) is 49.2 Å². The third kappa shape index (κ3) is 3.85. The minimum atomic E-state index is -0.226. The van der Waals surface area contributed by atoms with Crippen molar-refractivity contribution in [1.29, 1.82) is 0 Å². The molecule has 0 bridgehead atoms. The third-order valence-corrected chi connectivity index (χ3v) is 8.20. The Morgan fingerprint density at radius 2 is 1.40 bits per heavy atom. The molecular formula is C37H27N3O2. The van der Waals surface area contributed by atoms with Crippen LogP contribution in [0.25, 0.3) is 38.9 Å². The van der Waals surface area contributed by atoms with Gasteiger partial charge in [-0.05, 0) is 66.7 Å². The van der Waals surface area contributed by atoms with Crippen molar-refractivity contribution in [3.63, 3.8) is 0 Å². The van der Waals surface area contributed by atoms with Crippen LogP contribution in [0.5, 0.6) is 23.0 Å². The zero-order valence-electron chi connectivity index (χ0n) is 23.3. The molecule has 0 aliphatic carbocycles. The average Bonchev–Trinajstić information content (AvgIpc) is 3.34. The predicted molar refractivity (Wildman–Crippen MR) is 167 cm³/mol. The highest BCUT2D eigenvalue weighted by molar-refractivity contribution is 6.10. The van der Waals surface area contributed by atoms with Gasteiger partial charge < -0.3 is 9.47 Å². The van der Waals surface area contributed by atoms with Crippen LogP contribution in [0.4, 0.5) is 0 Å². The van der Waals surface area contributed by atoms with Crippen LogP contribution >= 0.6 is 0 Å². The molecule has 1 aliphatic rings. The monoisotopic (exact) mass is 545 g/mol. The lowest BCUT2D eigenvalue weighted by Gasteiger charge is -2.34. The largest absolute Gasteiger partial charge is 0.457 e. The lowest BCUT2D eigenvalue weighted by Crippen LogP contribution is -2.24. The molecule has 0 radical (unpaired) electrons. The highest BCUT2D eigenvalue weighted by Gasteiger charge is 2.35. The predicted octanol–water partition coefficient (Wildman–Crippen LogP) is 9.46. The number of fused-ring (bicyclic) bond motifs is 5. The summed E-state index contributed by atoms with van der Waals surface area (Å²) in [5, 5.41) is 2.21. The molecular weight excluding hydrogens is 518 g/mol. The molecule has 5 nitrogen and oxygen atoms in total. The van der Waals surface area contributed by atoms with Crippen molar-refractivity contribution >= 4 is 21.8 Å². The molecule has 5 heteroatoms. The van der Waals surface area contributed by atoms with E-state index < -0.39 is 0 Å². The second-order valence-corrected chi connectivity index (χ2v) is 11.1. The molecule has 202 valence electrons. The van der Waals surface area contributed by atoms with Crippen molar-refractivity contribution in [2.45, 2.75) is 19.3 Å². The maximum absolute atomic E-state index is 6.48. The average molecular weight is 546 g/mol. The highest BCUT2D eigenvalue weighted by atomic mass is 16.5. The zero-order valence-corrected chi connectivity index (χ0v) is 23.3. The number of rotatable bonds is 4. The van der Waals surface area contributed by atoms with Crippen LogP contribution in [0.3, 0.4) is 0 Å². The first kappa shape index (κ1) is 24.4. The lowest BCUT2D eigenvalue weighted by atomic mass is 9.75. The van der Waals surface area contributed by atoms with Gasteiger partial charge in [-0.3, -0.25) is 9.55 Å². The van der Waals surface area contributed by atoms with E-state index in [1.165, 1.54) is 5.56 Å². The van der Waals surface area contributed by atoms with Gasteiger partial charge >= 0.3 is 0 Å². The molecule has 7 aromatic rings. The fourth-order valence-corrected chi connectivity index (χ4v) is 6.12. The first-order valence-electron chi connectivity index (χ1n) is 14.1. The Morgan fingerprint density at radius 3 is 2.24 bits per heavy atom. The Morgan fingerprint density at radius 1 is 0.619 bits per heavy atom. The van der Waals surface area contributed by atoms with Crippen LogP contribution < -0.4 is 9.47 Å². The van der Waals surface area contributed by atoms with E-state index in [1.54, 1.807) is 6.20 Å². The van der Waals surface area contributed by atoms with Gasteiger partial charge in [0.2, 0.25) is 0 Å². The minimum Gasteiger partial charge on any atom is -0.457 e. The van der Waals surface area contributed by atoms with Crippen molar-refractivity contribution in [1.82, 2.24) is 14.5 Å². The Bertz CT molecular complexity index is 2120. The fourth-order valence-electron chi connectivity index (χ4n) is 6.12. The van der Waals surface area contributed by atoms with Crippen LogP contribution in [0.1, 0.15) is 25.0 Å². The van der Waals surface area contributed by atoms with Gasteiger partial charge in [-0.25, -0.2) is 4.98 Å². The minimum absolute atomic E-state index is 0.226. The third-order valence-electron chi connectivity index (χ3n) is 8.20. The van der Waals surface area contributed by atoms with E-state index in [-0.39, 0.29) is 5.41 Å². The molecule has 0 atom stereocenters. The van der Waals surface area contributed by atoms with Gasteiger partial charge in [0.15, 0.2) is 0 Å². The standard InChI is InChI=1S/C37H27N3O2/c1-37(2)29-12-3-4-14-34(29)42-35-22-28-27-17-16-26(41-25-11-9-10-24(20-25)31-13-5-7-18-38-31)21-32(27)40(33(28)23-30(35)37)36-15-6-8-19-39-36/h3-23H,1-2H3. The van der Waals surface area contributed by atoms with Gasteiger partial charge in [0.1, 0.15) is 28.8 Å². The van der Waals surface area contributed by atoms with E-state index in [1.807, 2.05) is 85.1 Å². The summed E-state index contributed by atoms with van der Waals surface area (Å²) in [6, 6.07) is 38.9. The normalized spacial score (nSPS) is 13.4. The fraction of sp³-hybridized carbons (Fsp3) is 0.0811. The smallest absolute Gasteiger partial charge is 0.137 e. The Kier molecular flexibility index (Phi) is 5.41. The first-order chi connectivity index (χ1) is 20.6. The molecule has 0 saturated carbocycles. The molecule has 4 heterocycles. The first-order valence-corrected chi connectivity index (χ1v) is 14.1. The van der Waals surface area contributed by atoms with Crippen molar-refractivity contribution in [3.05, 3.63) is 139 Å². The van der Waals surface area contributed by atoms with Crippen molar-refractivity contribution < 1.29 is 9.47 Å². The van der Waals surface area contributed by atoms with Crippen LogP contribution in [0.15, 0.2) is 128 Å². The quantitative estimate of drug-likeness (QED) is 0.221. The summed E-state index contributed by atoms with van der Waals surface area (Å²) >= 11 is 0. The second-order valence-electron chi connectivity index (χ2n) is 11.1. The van der Waals surface area contributed by atoms with Gasteiger partial charge in [-0.15, -0.1) is 0 Å². The SMILES string of the molecule is CC1(C)c2ccccc2Oc2cc3c4ccc(Oc5cccc(-c6ccccn6)c5)cc4n(-c4ccccn4)c3cc21. The molecule has 0 amide bonds. The van der Waals surface area contributed by atoms with E-state index in [2.05, 4.69) is 59.8 Å². The van der Waals surface area contributed by atoms with E-state index in [9.17, 15) is 0 Å². The van der Waals surface area contributed by atoms with Crippen LogP contribution in [-0.2, 0) is 5.41 Å². The maximum Gasteiger partial charge on any atom is 0.137 e. The van der Waals surface area contributed by atoms with Crippen LogP contribution in [0.2, 0.25) is 0 Å². The highest BCUT2D eigenvalue weighted by Crippen LogP contribution is 2.50. The van der Waals surface area contributed by atoms with Gasteiger partial charge in [-0.2, -0.15) is 0 Å². The number of hydrogen-bond donors (Lipinski definition) is 0. The number of pyridine rings is 2. The molecule has 1 aliphatic heterocycles. The summed E-state index contributed by atoms with van der Waals surface area (Å²) in [5.74, 6) is 4.14. The molecule has 0 fully saturated rings. The zero-order chi connectivity index (χ0) is 28.3. The molecule has 42 heavy (non-hydrogen) atoms. The summed E-state index contributed by atoms with van der Waals surface area (Å²) in [4.78, 5) is 9.24. The Labute approximate surface area is 243 Å². The lowest BCUT2D eigenvalue weighted by molar-refractivity contribution is 0.419. The van der Waals surface area contributed by atoms with Crippen molar-refractivity contribution in [2.24, 2.45) is 0 Å².